The van der Waals surface area contributed by atoms with Gasteiger partial charge in [-0.1, -0.05) is 32.4 Å². The van der Waals surface area contributed by atoms with Crippen LogP contribution in [0.25, 0.3) is 0 Å². The molecular weight excluding hydrogens is 379 g/mol. The fraction of sp³-hybridized carbons (Fsp3) is 0.692. The van der Waals surface area contributed by atoms with Crippen LogP contribution in [0.5, 0.6) is 0 Å². The first-order valence-corrected chi connectivity index (χ1v) is 11.1. The van der Waals surface area contributed by atoms with E-state index < -0.39 is 17.3 Å². The molecule has 4 heteroatoms. The van der Waals surface area contributed by atoms with E-state index in [2.05, 4.69) is 38.7 Å². The summed E-state index contributed by atoms with van der Waals surface area (Å²) in [6.45, 7) is 13.8. The molecule has 0 spiro atoms. The predicted octanol–water partition coefficient (Wildman–Crippen LogP) is 6.72. The van der Waals surface area contributed by atoms with Crippen LogP contribution in [0.1, 0.15) is 93.4 Å². The molecule has 30 heavy (non-hydrogen) atoms. The van der Waals surface area contributed by atoms with Crippen LogP contribution in [-0.2, 0) is 14.3 Å². The van der Waals surface area contributed by atoms with E-state index in [9.17, 15) is 14.0 Å². The molecule has 0 aromatic rings. The number of allylic oxidation sites excluding steroid dienone is 4. The Balaban J connectivity index is 2.73. The number of hydrogen-bond acceptors (Lipinski definition) is 3. The summed E-state index contributed by atoms with van der Waals surface area (Å²) >= 11 is 0. The zero-order valence-corrected chi connectivity index (χ0v) is 19.9. The molecule has 0 heterocycles. The normalized spacial score (nSPS) is 17.4. The fourth-order valence-electron chi connectivity index (χ4n) is 3.21. The Hall–Kier alpha value is -1.89. The molecule has 0 bridgehead atoms. The molecule has 1 saturated carbocycles. The van der Waals surface area contributed by atoms with Gasteiger partial charge in [-0.05, 0) is 70.8 Å². The third-order valence-electron chi connectivity index (χ3n) is 5.97. The Labute approximate surface area is 182 Å². The molecule has 3 nitrogen and oxygen atoms in total. The summed E-state index contributed by atoms with van der Waals surface area (Å²) in [4.78, 5) is 25.0. The third-order valence-corrected chi connectivity index (χ3v) is 5.97. The molecule has 1 unspecified atom stereocenters. The van der Waals surface area contributed by atoms with Crippen LogP contribution < -0.4 is 0 Å². The largest absolute Gasteiger partial charge is 0.465 e. The van der Waals surface area contributed by atoms with Gasteiger partial charge < -0.3 is 4.74 Å². The maximum absolute atomic E-state index is 14.9. The first kappa shape index (κ1) is 26.1. The van der Waals surface area contributed by atoms with Gasteiger partial charge >= 0.3 is 5.97 Å². The first-order chi connectivity index (χ1) is 14.0. The molecule has 1 fully saturated rings. The third kappa shape index (κ3) is 8.46. The zero-order chi connectivity index (χ0) is 22.9. The van der Waals surface area contributed by atoms with Gasteiger partial charge in [0.25, 0.3) is 0 Å². The molecule has 0 aromatic carbocycles. The first-order valence-electron chi connectivity index (χ1n) is 11.1. The van der Waals surface area contributed by atoms with Crippen molar-refractivity contribution in [2.45, 2.75) is 93.4 Å². The van der Waals surface area contributed by atoms with Crippen molar-refractivity contribution >= 4 is 11.8 Å². The Bertz CT molecular complexity index is 742. The zero-order valence-electron chi connectivity index (χ0n) is 19.9. The number of halogens is 1. The number of rotatable bonds is 12. The second-order valence-corrected chi connectivity index (χ2v) is 9.64. The average Bonchev–Trinajstić information content (AvgIpc) is 3.45. The Morgan fingerprint density at radius 1 is 1.23 bits per heavy atom. The molecular formula is C26H39FO3. The van der Waals surface area contributed by atoms with Crippen molar-refractivity contribution in [3.63, 3.8) is 0 Å². The second-order valence-electron chi connectivity index (χ2n) is 9.64. The minimum atomic E-state index is -1.04. The van der Waals surface area contributed by atoms with Gasteiger partial charge in [0.1, 0.15) is 11.7 Å². The molecule has 0 amide bonds. The number of Topliss-reactive ketones (excluding diaryl/α,β-unsaturated/α-hetero) is 1. The highest BCUT2D eigenvalue weighted by Crippen LogP contribution is 2.48. The van der Waals surface area contributed by atoms with E-state index >= 15 is 0 Å². The summed E-state index contributed by atoms with van der Waals surface area (Å²) in [5.74, 6) is 3.89. The van der Waals surface area contributed by atoms with E-state index in [1.807, 2.05) is 13.8 Å². The second kappa shape index (κ2) is 11.5. The standard InChI is InChI=1S/C26H39FO3/c1-8-10-14-25(5,6)15-13-19(3)11-12-20(4)22(27)18-21(24(29)30-9-2)23(28)26(7)16-17-26/h13,21H,9,11-12,14-18H2,1-7H3/b19-13+,22-20-. The summed E-state index contributed by atoms with van der Waals surface area (Å²) in [5, 5.41) is 0. The average molecular weight is 419 g/mol. The summed E-state index contributed by atoms with van der Waals surface area (Å²) in [7, 11) is 0. The fourth-order valence-corrected chi connectivity index (χ4v) is 3.21. The van der Waals surface area contributed by atoms with Gasteiger partial charge in [0, 0.05) is 18.3 Å². The quantitative estimate of drug-likeness (QED) is 0.153. The van der Waals surface area contributed by atoms with E-state index in [1.54, 1.807) is 13.8 Å². The highest BCUT2D eigenvalue weighted by Gasteiger charge is 2.49. The maximum Gasteiger partial charge on any atom is 0.316 e. The van der Waals surface area contributed by atoms with E-state index in [0.29, 0.717) is 12.0 Å². The van der Waals surface area contributed by atoms with Crippen molar-refractivity contribution in [3.05, 3.63) is 23.0 Å². The smallest absolute Gasteiger partial charge is 0.316 e. The lowest BCUT2D eigenvalue weighted by Crippen LogP contribution is -2.31. The van der Waals surface area contributed by atoms with Gasteiger partial charge in [0.05, 0.1) is 6.61 Å². The highest BCUT2D eigenvalue weighted by atomic mass is 19.1. The highest BCUT2D eigenvalue weighted by molar-refractivity contribution is 6.03. The van der Waals surface area contributed by atoms with E-state index in [-0.39, 0.29) is 30.1 Å². The van der Waals surface area contributed by atoms with Gasteiger partial charge in [-0.2, -0.15) is 0 Å². The molecule has 0 aliphatic heterocycles. The van der Waals surface area contributed by atoms with Crippen LogP contribution in [0, 0.1) is 28.6 Å². The van der Waals surface area contributed by atoms with Crippen LogP contribution in [0.2, 0.25) is 0 Å². The minimum Gasteiger partial charge on any atom is -0.465 e. The Kier molecular flexibility index (Phi) is 10.0. The number of ketones is 1. The number of carbonyl (C=O) groups is 2. The van der Waals surface area contributed by atoms with Crippen molar-refractivity contribution < 1.29 is 18.7 Å². The Morgan fingerprint density at radius 2 is 1.87 bits per heavy atom. The predicted molar refractivity (Wildman–Crippen MR) is 120 cm³/mol. The van der Waals surface area contributed by atoms with Gasteiger partial charge in [0.15, 0.2) is 5.78 Å². The van der Waals surface area contributed by atoms with Crippen molar-refractivity contribution in [1.82, 2.24) is 0 Å². The molecule has 0 radical (unpaired) electrons. The van der Waals surface area contributed by atoms with Crippen LogP contribution in [0.15, 0.2) is 23.0 Å². The van der Waals surface area contributed by atoms with Crippen molar-refractivity contribution in [2.75, 3.05) is 6.61 Å². The molecule has 168 valence electrons. The molecule has 0 saturated heterocycles. The van der Waals surface area contributed by atoms with Gasteiger partial charge in [-0.25, -0.2) is 4.39 Å². The maximum atomic E-state index is 14.9. The molecule has 0 aromatic heterocycles. The van der Waals surface area contributed by atoms with Crippen molar-refractivity contribution in [3.8, 4) is 11.8 Å². The van der Waals surface area contributed by atoms with Crippen LogP contribution in [-0.4, -0.2) is 18.4 Å². The lowest BCUT2D eigenvalue weighted by Gasteiger charge is -2.20. The summed E-state index contributed by atoms with van der Waals surface area (Å²) < 4.78 is 19.9. The molecule has 1 aliphatic carbocycles. The molecule has 1 aliphatic rings. The van der Waals surface area contributed by atoms with Gasteiger partial charge in [0.2, 0.25) is 0 Å². The number of ether oxygens (including phenoxy) is 1. The SMILES string of the molecule is CC#CCC(C)(C)C/C=C(\C)CC/C(C)=C(\F)CC(C(=O)OCC)C(=O)C1(C)CC1. The summed E-state index contributed by atoms with van der Waals surface area (Å²) in [5.41, 5.74) is 1.44. The van der Waals surface area contributed by atoms with Crippen LogP contribution in [0.4, 0.5) is 4.39 Å². The lowest BCUT2D eigenvalue weighted by molar-refractivity contribution is -0.153. The monoisotopic (exact) mass is 418 g/mol. The lowest BCUT2D eigenvalue weighted by atomic mass is 9.85. The van der Waals surface area contributed by atoms with E-state index in [1.165, 1.54) is 5.57 Å². The topological polar surface area (TPSA) is 43.4 Å². The molecule has 0 N–H and O–H groups in total. The number of esters is 1. The van der Waals surface area contributed by atoms with E-state index in [0.717, 1.165) is 32.1 Å². The van der Waals surface area contributed by atoms with Gasteiger partial charge in [-0.3, -0.25) is 9.59 Å². The minimum absolute atomic E-state index is 0.118. The van der Waals surface area contributed by atoms with Crippen molar-refractivity contribution in [2.24, 2.45) is 16.7 Å². The van der Waals surface area contributed by atoms with Crippen LogP contribution in [0.3, 0.4) is 0 Å². The molecule has 1 rings (SSSR count). The van der Waals surface area contributed by atoms with Crippen molar-refractivity contribution in [1.29, 1.82) is 0 Å². The van der Waals surface area contributed by atoms with Gasteiger partial charge in [-0.15, -0.1) is 11.8 Å². The Morgan fingerprint density at radius 3 is 2.40 bits per heavy atom. The summed E-state index contributed by atoms with van der Waals surface area (Å²) in [6, 6.07) is 0. The molecule has 1 atom stereocenters. The van der Waals surface area contributed by atoms with Crippen LogP contribution >= 0.6 is 0 Å². The summed E-state index contributed by atoms with van der Waals surface area (Å²) in [6.07, 6.45) is 6.65. The number of hydrogen-bond donors (Lipinski definition) is 0. The van der Waals surface area contributed by atoms with E-state index in [4.69, 9.17) is 4.74 Å². The number of carbonyl (C=O) groups excluding carboxylic acids is 2.